The molecule has 0 saturated carbocycles. The number of fused-ring (bicyclic) bond motifs is 1. The molecule has 31 heavy (non-hydrogen) atoms. The lowest BCUT2D eigenvalue weighted by atomic mass is 10.0. The zero-order valence-corrected chi connectivity index (χ0v) is 17.6. The highest BCUT2D eigenvalue weighted by Gasteiger charge is 2.25. The molecule has 1 aromatic carbocycles. The van der Waals surface area contributed by atoms with Crippen LogP contribution >= 0.6 is 0 Å². The number of carbonyl (C=O) groups excluding carboxylic acids is 1. The summed E-state index contributed by atoms with van der Waals surface area (Å²) in [6.07, 6.45) is 14.0. The largest absolute Gasteiger partial charge is 0.338 e. The Morgan fingerprint density at radius 2 is 2.19 bits per heavy atom. The second kappa shape index (κ2) is 9.08. The quantitative estimate of drug-likeness (QED) is 0.497. The Morgan fingerprint density at radius 1 is 1.32 bits per heavy atom. The lowest BCUT2D eigenvalue weighted by molar-refractivity contribution is -0.124. The van der Waals surface area contributed by atoms with Gasteiger partial charge in [0.15, 0.2) is 0 Å². The third kappa shape index (κ3) is 4.48. The minimum Gasteiger partial charge on any atom is -0.338 e. The number of rotatable bonds is 6. The Labute approximate surface area is 181 Å². The van der Waals surface area contributed by atoms with Crippen molar-refractivity contribution in [1.82, 2.24) is 14.7 Å². The van der Waals surface area contributed by atoms with Crippen LogP contribution in [0.1, 0.15) is 24.8 Å². The molecule has 6 heteroatoms. The van der Waals surface area contributed by atoms with Crippen molar-refractivity contribution in [2.45, 2.75) is 19.3 Å². The average molecular weight is 417 g/mol. The maximum Gasteiger partial charge on any atom is 0.249 e. The molecule has 0 radical (unpaired) electrons. The van der Waals surface area contributed by atoms with Crippen molar-refractivity contribution in [3.8, 4) is 0 Å². The van der Waals surface area contributed by atoms with E-state index in [2.05, 4.69) is 22.9 Å². The monoisotopic (exact) mass is 416 g/mol. The van der Waals surface area contributed by atoms with E-state index < -0.39 is 0 Å². The van der Waals surface area contributed by atoms with Gasteiger partial charge in [0, 0.05) is 37.3 Å². The van der Waals surface area contributed by atoms with Crippen molar-refractivity contribution >= 4 is 29.1 Å². The third-order valence-corrected chi connectivity index (χ3v) is 5.76. The fraction of sp³-hybridized carbons (Fsp3) is 0.240. The number of hydrogen-bond acceptors (Lipinski definition) is 3. The molecule has 0 unspecified atom stereocenters. The predicted octanol–water partition coefficient (Wildman–Crippen LogP) is 4.90. The van der Waals surface area contributed by atoms with E-state index in [-0.39, 0.29) is 11.7 Å². The number of likely N-dealkylation sites (tertiary alicyclic amines) is 1. The second-order valence-corrected chi connectivity index (χ2v) is 7.69. The van der Waals surface area contributed by atoms with Gasteiger partial charge in [-0.2, -0.15) is 5.10 Å². The standard InChI is InChI=1S/C25H25FN4O/c1-27-13-3-4-20-12-15-30(25(20)31)14-11-19-6-5-18(7-9-23(19)26)21-8-10-24-22(16-21)17-28-29(24)2/h3-6,8-10,13,16-17H,1,7,11-12,14-15H2,2H3/b13-3-,20-4+. The first-order chi connectivity index (χ1) is 15.1. The number of aliphatic imine (C=N–C) groups is 1. The number of aromatic nitrogens is 2. The van der Waals surface area contributed by atoms with Crippen LogP contribution in [0.2, 0.25) is 0 Å². The van der Waals surface area contributed by atoms with Gasteiger partial charge in [-0.25, -0.2) is 4.39 Å². The van der Waals surface area contributed by atoms with Crippen LogP contribution in [0, 0.1) is 0 Å². The molecule has 0 atom stereocenters. The smallest absolute Gasteiger partial charge is 0.249 e. The highest BCUT2D eigenvalue weighted by atomic mass is 19.1. The molecule has 5 nitrogen and oxygen atoms in total. The summed E-state index contributed by atoms with van der Waals surface area (Å²) in [7, 11) is 1.92. The minimum absolute atomic E-state index is 0.00771. The summed E-state index contributed by atoms with van der Waals surface area (Å²) in [5.74, 6) is -0.204. The Morgan fingerprint density at radius 3 is 3.03 bits per heavy atom. The summed E-state index contributed by atoms with van der Waals surface area (Å²) in [4.78, 5) is 17.9. The molecule has 2 aliphatic rings. The van der Waals surface area contributed by atoms with Crippen LogP contribution < -0.4 is 0 Å². The Hall–Kier alpha value is -3.54. The molecule has 0 spiro atoms. The molecule has 1 fully saturated rings. The van der Waals surface area contributed by atoms with E-state index in [1.165, 1.54) is 0 Å². The van der Waals surface area contributed by atoms with Gasteiger partial charge >= 0.3 is 0 Å². The molecule has 1 aliphatic carbocycles. The van der Waals surface area contributed by atoms with Crippen LogP contribution in [0.3, 0.4) is 0 Å². The molecule has 2 aromatic rings. The second-order valence-electron chi connectivity index (χ2n) is 7.69. The topological polar surface area (TPSA) is 50.5 Å². The van der Waals surface area contributed by atoms with Gasteiger partial charge in [0.2, 0.25) is 5.91 Å². The lowest BCUT2D eigenvalue weighted by Gasteiger charge is -2.15. The molecular formula is C25H25FN4O. The van der Waals surface area contributed by atoms with E-state index >= 15 is 0 Å². The Balaban J connectivity index is 1.46. The summed E-state index contributed by atoms with van der Waals surface area (Å²) < 4.78 is 16.6. The van der Waals surface area contributed by atoms with Crippen molar-refractivity contribution < 1.29 is 9.18 Å². The van der Waals surface area contributed by atoms with Gasteiger partial charge < -0.3 is 4.90 Å². The summed E-state index contributed by atoms with van der Waals surface area (Å²) in [6.45, 7) is 4.53. The first-order valence-corrected chi connectivity index (χ1v) is 10.4. The molecular weight excluding hydrogens is 391 g/mol. The fourth-order valence-corrected chi connectivity index (χ4v) is 3.97. The number of benzene rings is 1. The number of halogens is 1. The van der Waals surface area contributed by atoms with E-state index in [9.17, 15) is 9.18 Å². The van der Waals surface area contributed by atoms with Gasteiger partial charge in [0.1, 0.15) is 5.83 Å². The van der Waals surface area contributed by atoms with Crippen molar-refractivity contribution in [3.63, 3.8) is 0 Å². The maximum absolute atomic E-state index is 14.7. The number of amides is 1. The van der Waals surface area contributed by atoms with Gasteiger partial charge in [-0.1, -0.05) is 24.3 Å². The van der Waals surface area contributed by atoms with Crippen LogP contribution in [0.15, 0.2) is 82.9 Å². The summed E-state index contributed by atoms with van der Waals surface area (Å²) in [5, 5.41) is 5.35. The van der Waals surface area contributed by atoms with E-state index in [1.807, 2.05) is 42.2 Å². The first kappa shape index (κ1) is 20.7. The summed E-state index contributed by atoms with van der Waals surface area (Å²) >= 11 is 0. The van der Waals surface area contributed by atoms with Crippen LogP contribution in [0.25, 0.3) is 16.5 Å². The third-order valence-electron chi connectivity index (χ3n) is 5.76. The molecule has 1 amide bonds. The number of carbonyl (C=O) groups is 1. The number of nitrogens with zero attached hydrogens (tertiary/aromatic N) is 4. The Kier molecular flexibility index (Phi) is 6.07. The van der Waals surface area contributed by atoms with Gasteiger partial charge in [-0.15, -0.1) is 0 Å². The predicted molar refractivity (Wildman–Crippen MR) is 123 cm³/mol. The van der Waals surface area contributed by atoms with E-state index in [4.69, 9.17) is 0 Å². The number of aryl methyl sites for hydroxylation is 1. The number of allylic oxidation sites excluding steroid dienone is 7. The van der Waals surface area contributed by atoms with Crippen LogP contribution in [0.5, 0.6) is 0 Å². The first-order valence-electron chi connectivity index (χ1n) is 10.4. The van der Waals surface area contributed by atoms with Gasteiger partial charge in [0.05, 0.1) is 11.7 Å². The van der Waals surface area contributed by atoms with Crippen LogP contribution in [0.4, 0.5) is 4.39 Å². The lowest BCUT2D eigenvalue weighted by Crippen LogP contribution is -2.26. The maximum atomic E-state index is 14.7. The molecule has 0 bridgehead atoms. The highest BCUT2D eigenvalue weighted by molar-refractivity contribution is 5.95. The van der Waals surface area contributed by atoms with Gasteiger partial charge in [-0.3, -0.25) is 14.5 Å². The van der Waals surface area contributed by atoms with E-state index in [0.717, 1.165) is 27.6 Å². The molecule has 4 rings (SSSR count). The van der Waals surface area contributed by atoms with Crippen LogP contribution in [-0.2, 0) is 11.8 Å². The molecule has 1 aliphatic heterocycles. The zero-order chi connectivity index (χ0) is 21.8. The van der Waals surface area contributed by atoms with Gasteiger partial charge in [-0.05, 0) is 67.0 Å². The highest BCUT2D eigenvalue weighted by Crippen LogP contribution is 2.29. The van der Waals surface area contributed by atoms with Crippen LogP contribution in [-0.4, -0.2) is 40.4 Å². The normalized spacial score (nSPS) is 18.5. The van der Waals surface area contributed by atoms with Crippen molar-refractivity contribution in [2.75, 3.05) is 13.1 Å². The number of hydrogen-bond donors (Lipinski definition) is 0. The molecule has 2 heterocycles. The van der Waals surface area contributed by atoms with Crippen molar-refractivity contribution in [3.05, 3.63) is 83.5 Å². The van der Waals surface area contributed by atoms with Crippen molar-refractivity contribution in [2.24, 2.45) is 12.0 Å². The van der Waals surface area contributed by atoms with E-state index in [0.29, 0.717) is 37.9 Å². The Bertz CT molecular complexity index is 1180. The van der Waals surface area contributed by atoms with Crippen molar-refractivity contribution in [1.29, 1.82) is 0 Å². The van der Waals surface area contributed by atoms with E-state index in [1.54, 1.807) is 29.3 Å². The SMILES string of the molecule is C=N/C=C\C=C1/CCN(CCC2=CC=C(c3ccc4c(cnn4C)c3)CC=C2F)C1=O. The molecule has 1 saturated heterocycles. The average Bonchev–Trinajstić information content (AvgIpc) is 3.25. The molecule has 158 valence electrons. The van der Waals surface area contributed by atoms with Gasteiger partial charge in [0.25, 0.3) is 0 Å². The fourth-order valence-electron chi connectivity index (χ4n) is 3.97. The minimum atomic E-state index is -0.212. The summed E-state index contributed by atoms with van der Waals surface area (Å²) in [6, 6.07) is 6.18. The summed E-state index contributed by atoms with van der Waals surface area (Å²) in [5.41, 5.74) is 4.56. The zero-order valence-electron chi connectivity index (χ0n) is 17.6. The molecule has 0 N–H and O–H groups in total. The molecule has 1 aromatic heterocycles.